The number of sulfonamides is 1. The molecule has 0 amide bonds. The van der Waals surface area contributed by atoms with Gasteiger partial charge in [-0.25, -0.2) is 13.1 Å². The Kier molecular flexibility index (Phi) is 4.13. The van der Waals surface area contributed by atoms with E-state index in [9.17, 15) is 18.5 Å². The summed E-state index contributed by atoms with van der Waals surface area (Å²) in [7, 11) is -3.84. The lowest BCUT2D eigenvalue weighted by molar-refractivity contribution is -0.387. The number of rotatable bonds is 5. The van der Waals surface area contributed by atoms with E-state index in [1.54, 1.807) is 0 Å². The number of hydrogen-bond acceptors (Lipinski definition) is 5. The van der Waals surface area contributed by atoms with Crippen molar-refractivity contribution in [3.63, 3.8) is 0 Å². The molecule has 0 saturated carbocycles. The molecule has 0 aromatic heterocycles. The lowest BCUT2D eigenvalue weighted by Gasteiger charge is -2.10. The summed E-state index contributed by atoms with van der Waals surface area (Å²) in [5, 5.41) is 14.0. The van der Waals surface area contributed by atoms with Crippen LogP contribution in [0.15, 0.2) is 29.2 Å². The number of nitro benzene ring substituents is 1. The third-order valence-electron chi connectivity index (χ3n) is 3.08. The van der Waals surface area contributed by atoms with Crippen LogP contribution in [0.3, 0.4) is 0 Å². The fourth-order valence-corrected chi connectivity index (χ4v) is 3.32. The molecule has 19 heavy (non-hydrogen) atoms. The molecule has 1 heterocycles. The molecule has 0 radical (unpaired) electrons. The summed E-state index contributed by atoms with van der Waals surface area (Å²) in [6.07, 6.45) is 0.902. The fourth-order valence-electron chi connectivity index (χ4n) is 2.03. The minimum atomic E-state index is -3.84. The molecule has 7 nitrogen and oxygen atoms in total. The molecule has 0 aliphatic carbocycles. The van der Waals surface area contributed by atoms with Crippen LogP contribution < -0.4 is 10.0 Å². The molecular weight excluding hydrogens is 270 g/mol. The van der Waals surface area contributed by atoms with Crippen LogP contribution in [0.1, 0.15) is 6.42 Å². The SMILES string of the molecule is O=[N+]([O-])c1ccccc1S(=O)(=O)NC[C@H]1CCNC1. The van der Waals surface area contributed by atoms with Crippen molar-refractivity contribution in [2.45, 2.75) is 11.3 Å². The van der Waals surface area contributed by atoms with Crippen molar-refractivity contribution in [3.8, 4) is 0 Å². The van der Waals surface area contributed by atoms with E-state index in [-0.39, 0.29) is 10.8 Å². The molecule has 8 heteroatoms. The Balaban J connectivity index is 2.17. The zero-order valence-corrected chi connectivity index (χ0v) is 11.0. The predicted octanol–water partition coefficient (Wildman–Crippen LogP) is 0.483. The molecule has 0 bridgehead atoms. The molecular formula is C11H15N3O4S. The van der Waals surface area contributed by atoms with E-state index in [1.165, 1.54) is 24.3 Å². The molecule has 1 aromatic rings. The molecule has 0 spiro atoms. The normalized spacial score (nSPS) is 19.5. The molecule has 1 saturated heterocycles. The Morgan fingerprint density at radius 3 is 2.79 bits per heavy atom. The van der Waals surface area contributed by atoms with Gasteiger partial charge in [0.15, 0.2) is 4.90 Å². The van der Waals surface area contributed by atoms with Gasteiger partial charge in [0, 0.05) is 12.6 Å². The van der Waals surface area contributed by atoms with Gasteiger partial charge >= 0.3 is 0 Å². The maximum absolute atomic E-state index is 12.1. The zero-order valence-electron chi connectivity index (χ0n) is 10.2. The average Bonchev–Trinajstić information content (AvgIpc) is 2.89. The standard InChI is InChI=1S/C11H15N3O4S/c15-14(16)10-3-1-2-4-11(10)19(17,18)13-8-9-5-6-12-7-9/h1-4,9,12-13H,5-8H2/t9-/m0/s1. The van der Waals surface area contributed by atoms with Gasteiger partial charge in [-0.2, -0.15) is 0 Å². The van der Waals surface area contributed by atoms with E-state index >= 15 is 0 Å². The van der Waals surface area contributed by atoms with Crippen LogP contribution in [0.2, 0.25) is 0 Å². The molecule has 1 aliphatic rings. The topological polar surface area (TPSA) is 101 Å². The van der Waals surface area contributed by atoms with Crippen molar-refractivity contribution in [1.82, 2.24) is 10.0 Å². The van der Waals surface area contributed by atoms with Gasteiger partial charge in [-0.1, -0.05) is 12.1 Å². The highest BCUT2D eigenvalue weighted by molar-refractivity contribution is 7.89. The average molecular weight is 285 g/mol. The van der Waals surface area contributed by atoms with Gasteiger partial charge in [-0.15, -0.1) is 0 Å². The largest absolute Gasteiger partial charge is 0.316 e. The fraction of sp³-hybridized carbons (Fsp3) is 0.455. The first-order chi connectivity index (χ1) is 9.00. The number of para-hydroxylation sites is 1. The molecule has 1 aliphatic heterocycles. The molecule has 0 unspecified atom stereocenters. The predicted molar refractivity (Wildman–Crippen MR) is 69.3 cm³/mol. The molecule has 2 N–H and O–H groups in total. The number of benzene rings is 1. The van der Waals surface area contributed by atoms with Crippen molar-refractivity contribution < 1.29 is 13.3 Å². The Bertz CT molecular complexity index is 567. The maximum Gasteiger partial charge on any atom is 0.289 e. The Labute approximate surface area is 111 Å². The third kappa shape index (κ3) is 3.28. The molecule has 2 rings (SSSR count). The summed E-state index contributed by atoms with van der Waals surface area (Å²) in [6, 6.07) is 5.34. The molecule has 1 fully saturated rings. The second kappa shape index (κ2) is 5.64. The summed E-state index contributed by atoms with van der Waals surface area (Å²) in [5.41, 5.74) is -0.403. The van der Waals surface area contributed by atoms with Crippen molar-refractivity contribution in [3.05, 3.63) is 34.4 Å². The number of hydrogen-bond donors (Lipinski definition) is 2. The summed E-state index contributed by atoms with van der Waals surface area (Å²) in [4.78, 5) is 9.86. The van der Waals surface area contributed by atoms with Gasteiger partial charge in [0.2, 0.25) is 10.0 Å². The van der Waals surface area contributed by atoms with Crippen LogP contribution in [0, 0.1) is 16.0 Å². The van der Waals surface area contributed by atoms with Crippen molar-refractivity contribution in [1.29, 1.82) is 0 Å². The first kappa shape index (κ1) is 13.9. The second-order valence-electron chi connectivity index (χ2n) is 4.44. The number of nitrogens with one attached hydrogen (secondary N) is 2. The van der Waals surface area contributed by atoms with Crippen LogP contribution in [-0.4, -0.2) is 33.0 Å². The second-order valence-corrected chi connectivity index (χ2v) is 6.17. The van der Waals surface area contributed by atoms with Crippen molar-refractivity contribution in [2.24, 2.45) is 5.92 Å². The summed E-state index contributed by atoms with van der Waals surface area (Å²) >= 11 is 0. The summed E-state index contributed by atoms with van der Waals surface area (Å²) in [5.74, 6) is 0.234. The van der Waals surface area contributed by atoms with E-state index in [0.29, 0.717) is 6.54 Å². The first-order valence-electron chi connectivity index (χ1n) is 5.94. The highest BCUT2D eigenvalue weighted by Crippen LogP contribution is 2.22. The smallest absolute Gasteiger partial charge is 0.289 e. The molecule has 104 valence electrons. The van der Waals surface area contributed by atoms with E-state index in [4.69, 9.17) is 0 Å². The lowest BCUT2D eigenvalue weighted by atomic mass is 10.1. The van der Waals surface area contributed by atoms with Gasteiger partial charge < -0.3 is 5.32 Å². The first-order valence-corrected chi connectivity index (χ1v) is 7.43. The monoisotopic (exact) mass is 285 g/mol. The lowest BCUT2D eigenvalue weighted by Crippen LogP contribution is -2.30. The Morgan fingerprint density at radius 1 is 1.42 bits per heavy atom. The van der Waals surface area contributed by atoms with Gasteiger partial charge in [-0.05, 0) is 31.5 Å². The van der Waals surface area contributed by atoms with Crippen molar-refractivity contribution >= 4 is 15.7 Å². The molecule has 1 atom stereocenters. The van der Waals surface area contributed by atoms with Gasteiger partial charge in [-0.3, -0.25) is 10.1 Å². The van der Waals surface area contributed by atoms with Crippen LogP contribution in [-0.2, 0) is 10.0 Å². The summed E-state index contributed by atoms with van der Waals surface area (Å²) < 4.78 is 26.6. The van der Waals surface area contributed by atoms with Crippen LogP contribution in [0.4, 0.5) is 5.69 Å². The van der Waals surface area contributed by atoms with E-state index in [2.05, 4.69) is 10.0 Å². The highest BCUT2D eigenvalue weighted by atomic mass is 32.2. The minimum Gasteiger partial charge on any atom is -0.316 e. The Hall–Kier alpha value is -1.51. The number of nitrogens with zero attached hydrogens (tertiary/aromatic N) is 1. The van der Waals surface area contributed by atoms with Crippen LogP contribution in [0.25, 0.3) is 0 Å². The quantitative estimate of drug-likeness (QED) is 0.605. The zero-order chi connectivity index (χ0) is 13.9. The summed E-state index contributed by atoms with van der Waals surface area (Å²) in [6.45, 7) is 1.93. The van der Waals surface area contributed by atoms with Crippen LogP contribution >= 0.6 is 0 Å². The highest BCUT2D eigenvalue weighted by Gasteiger charge is 2.26. The van der Waals surface area contributed by atoms with E-state index in [1.807, 2.05) is 0 Å². The van der Waals surface area contributed by atoms with Gasteiger partial charge in [0.25, 0.3) is 5.69 Å². The molecule has 1 aromatic carbocycles. The van der Waals surface area contributed by atoms with Gasteiger partial charge in [0.05, 0.1) is 4.92 Å². The Morgan fingerprint density at radius 2 is 2.16 bits per heavy atom. The van der Waals surface area contributed by atoms with Crippen LogP contribution in [0.5, 0.6) is 0 Å². The third-order valence-corrected chi connectivity index (χ3v) is 4.55. The van der Waals surface area contributed by atoms with Gasteiger partial charge in [0.1, 0.15) is 0 Å². The van der Waals surface area contributed by atoms with E-state index in [0.717, 1.165) is 19.5 Å². The minimum absolute atomic E-state index is 0.234. The number of nitro groups is 1. The van der Waals surface area contributed by atoms with Crippen molar-refractivity contribution in [2.75, 3.05) is 19.6 Å². The van der Waals surface area contributed by atoms with E-state index < -0.39 is 20.6 Å². The maximum atomic E-state index is 12.1.